The first kappa shape index (κ1) is 58.2. The smallest absolute Gasteiger partial charge is 0.397 e. The van der Waals surface area contributed by atoms with Crippen LogP contribution in [0.15, 0.2) is 21.9 Å². The Hall–Kier alpha value is -4.42. The molecular formula is C43H69N5O21S. The third-order valence-corrected chi connectivity index (χ3v) is 13.0. The Morgan fingerprint density at radius 2 is 1.51 bits per heavy atom. The van der Waals surface area contributed by atoms with Crippen LogP contribution in [0.5, 0.6) is 0 Å². The van der Waals surface area contributed by atoms with Crippen LogP contribution in [0.1, 0.15) is 110 Å². The Morgan fingerprint density at radius 1 is 0.886 bits per heavy atom. The van der Waals surface area contributed by atoms with Crippen LogP contribution in [0, 0.1) is 5.92 Å². The van der Waals surface area contributed by atoms with Crippen molar-refractivity contribution in [2.45, 2.75) is 183 Å². The van der Waals surface area contributed by atoms with Crippen LogP contribution in [-0.2, 0) is 62.2 Å². The molecule has 0 radical (unpaired) electrons. The third-order valence-electron chi connectivity index (χ3n) is 12.5. The zero-order valence-electron chi connectivity index (χ0n) is 39.7. The molecular weight excluding hydrogens is 955 g/mol. The average molecular weight is 1020 g/mol. The maximum Gasteiger partial charge on any atom is 0.397 e. The first-order chi connectivity index (χ1) is 33.0. The molecule has 4 heterocycles. The zero-order valence-corrected chi connectivity index (χ0v) is 40.5. The number of nitrogens with zero attached hydrogens (tertiary/aromatic N) is 3. The van der Waals surface area contributed by atoms with Crippen LogP contribution in [0.4, 0.5) is 0 Å². The highest BCUT2D eigenvalue weighted by atomic mass is 32.3. The molecule has 1 aromatic rings. The molecule has 4 rings (SSSR count). The molecule has 398 valence electrons. The lowest BCUT2D eigenvalue weighted by atomic mass is 9.97. The number of esters is 2. The van der Waals surface area contributed by atoms with Gasteiger partial charge >= 0.3 is 40.0 Å². The standard InChI is InChI=1S/C43H69N5O21S/c1-5-6-7-8-9-10-11-12-13-14-15-24(64-29(52)19-23(2)18-28(50)51)20-30(53)65-26-22-46(3)32(39(57)47(4)31(26)41(58)59)36(68-42-38(69-70(61,62)63)33(54)25(21-44)66-42)37-34(55)35(56)40(67-37)48-17-16-27(49)45-43(48)60/h16-17,23-26,31-38,40,42,54-56H,5-15,18-22,44H2,1-4H3,(H,50,51)(H,58,59)(H,45,49,60)(H,61,62,63)/t23-,24+,25-,26+,31+,32+,33-,34+,35-,36+,37+,38-,40-,42+/m1/s1. The van der Waals surface area contributed by atoms with Crippen molar-refractivity contribution in [3.05, 3.63) is 33.1 Å². The number of nitrogens with two attached hydrogens (primary N) is 1. The van der Waals surface area contributed by atoms with Gasteiger partial charge in [-0.3, -0.25) is 43.0 Å². The van der Waals surface area contributed by atoms with Gasteiger partial charge in [-0.25, -0.2) is 13.8 Å². The van der Waals surface area contributed by atoms with E-state index in [0.29, 0.717) is 15.9 Å². The molecule has 70 heavy (non-hydrogen) atoms. The van der Waals surface area contributed by atoms with Gasteiger partial charge in [-0.1, -0.05) is 71.6 Å². The van der Waals surface area contributed by atoms with E-state index in [9.17, 15) is 72.1 Å². The lowest BCUT2D eigenvalue weighted by Crippen LogP contribution is -2.60. The van der Waals surface area contributed by atoms with Gasteiger partial charge in [0.2, 0.25) is 5.91 Å². The van der Waals surface area contributed by atoms with Crippen LogP contribution >= 0.6 is 0 Å². The number of aromatic amines is 1. The van der Waals surface area contributed by atoms with Gasteiger partial charge < -0.3 is 59.9 Å². The van der Waals surface area contributed by atoms with Crippen molar-refractivity contribution in [3.63, 3.8) is 0 Å². The van der Waals surface area contributed by atoms with Gasteiger partial charge in [0.15, 0.2) is 24.7 Å². The van der Waals surface area contributed by atoms with Gasteiger partial charge in [0.1, 0.15) is 54.9 Å². The molecule has 3 fully saturated rings. The summed E-state index contributed by atoms with van der Waals surface area (Å²) in [5.74, 6) is -6.26. The largest absolute Gasteiger partial charge is 0.481 e. The predicted molar refractivity (Wildman–Crippen MR) is 240 cm³/mol. The topological polar surface area (TPSA) is 384 Å². The van der Waals surface area contributed by atoms with Gasteiger partial charge in [0.05, 0.1) is 6.42 Å². The molecule has 0 saturated carbocycles. The molecule has 0 bridgehead atoms. The summed E-state index contributed by atoms with van der Waals surface area (Å²) in [6.07, 6.45) is -10.0. The number of aromatic nitrogens is 2. The van der Waals surface area contributed by atoms with Crippen molar-refractivity contribution in [1.82, 2.24) is 19.4 Å². The molecule has 26 nitrogen and oxygen atoms in total. The van der Waals surface area contributed by atoms with Gasteiger partial charge in [-0.15, -0.1) is 0 Å². The van der Waals surface area contributed by atoms with Crippen molar-refractivity contribution in [1.29, 1.82) is 0 Å². The number of carboxylic acids is 2. The normalized spacial score (nSPS) is 28.8. The van der Waals surface area contributed by atoms with Crippen LogP contribution in [0.3, 0.4) is 0 Å². The SMILES string of the molecule is CCCCCCCCCCCC[C@@H](CC(=O)O[C@H]1CN(C)[C@@H]([C@H](O[C@@H]2O[C@H](CN)[C@@H](O)[C@H]2OS(=O)(=O)O)[C@H]2O[C@@H](n3ccc(=O)[nH]c3=O)[C@H](O)[C@@H]2O)C(=O)N(C)[C@@H]1C(=O)O)OC(=O)C[C@H](C)CC(=O)O. The summed E-state index contributed by atoms with van der Waals surface area (Å²) in [6.45, 7) is 2.63. The number of nitrogens with one attached hydrogen (secondary N) is 1. The zero-order chi connectivity index (χ0) is 52.0. The van der Waals surface area contributed by atoms with Gasteiger partial charge in [0, 0.05) is 45.2 Å². The van der Waals surface area contributed by atoms with E-state index in [-0.39, 0.29) is 19.3 Å². The minimum Gasteiger partial charge on any atom is -0.481 e. The summed E-state index contributed by atoms with van der Waals surface area (Å²) in [7, 11) is -3.06. The Labute approximate surface area is 404 Å². The number of carbonyl (C=O) groups excluding carboxylic acids is 3. The van der Waals surface area contributed by atoms with Crippen molar-refractivity contribution >= 4 is 40.2 Å². The number of aliphatic carboxylic acids is 2. The Bertz CT molecular complexity index is 2140. The Kier molecular flexibility index (Phi) is 22.3. The number of H-pyrrole nitrogens is 1. The van der Waals surface area contributed by atoms with E-state index < -0.39 is 156 Å². The fourth-order valence-corrected chi connectivity index (χ4v) is 9.49. The Balaban J connectivity index is 1.64. The van der Waals surface area contributed by atoms with Gasteiger partial charge in [-0.05, 0) is 25.8 Å². The van der Waals surface area contributed by atoms with E-state index in [1.807, 2.05) is 4.98 Å². The second-order valence-electron chi connectivity index (χ2n) is 18.2. The van der Waals surface area contributed by atoms with Gasteiger partial charge in [-0.2, -0.15) is 8.42 Å². The first-order valence-electron chi connectivity index (χ1n) is 23.5. The number of hydrogen-bond acceptors (Lipinski definition) is 20. The van der Waals surface area contributed by atoms with Crippen LogP contribution < -0.4 is 17.0 Å². The number of hydrogen-bond donors (Lipinski definition) is 8. The molecule has 0 unspecified atom stereocenters. The maximum absolute atomic E-state index is 14.7. The lowest BCUT2D eigenvalue weighted by molar-refractivity contribution is -0.230. The second-order valence-corrected chi connectivity index (χ2v) is 19.2. The summed E-state index contributed by atoms with van der Waals surface area (Å²) in [5.41, 5.74) is 3.79. The van der Waals surface area contributed by atoms with Crippen LogP contribution in [0.25, 0.3) is 0 Å². The molecule has 14 atom stereocenters. The van der Waals surface area contributed by atoms with E-state index in [2.05, 4.69) is 11.1 Å². The third kappa shape index (κ3) is 16.3. The maximum atomic E-state index is 14.7. The number of amides is 1. The highest BCUT2D eigenvalue weighted by Crippen LogP contribution is 2.37. The number of likely N-dealkylation sites (N-methyl/N-ethyl adjacent to an activating group) is 2. The molecule has 3 aliphatic heterocycles. The first-order valence-corrected chi connectivity index (χ1v) is 24.8. The average Bonchev–Trinajstić information content (AvgIpc) is 3.68. The lowest BCUT2D eigenvalue weighted by Gasteiger charge is -2.38. The van der Waals surface area contributed by atoms with Crippen molar-refractivity contribution in [2.75, 3.05) is 27.2 Å². The fourth-order valence-electron chi connectivity index (χ4n) is 9.00. The van der Waals surface area contributed by atoms with E-state index >= 15 is 0 Å². The highest BCUT2D eigenvalue weighted by molar-refractivity contribution is 7.80. The predicted octanol–water partition coefficient (Wildman–Crippen LogP) is -0.975. The summed E-state index contributed by atoms with van der Waals surface area (Å²) >= 11 is 0. The number of aliphatic hydroxyl groups is 3. The van der Waals surface area contributed by atoms with E-state index in [0.717, 1.165) is 69.2 Å². The van der Waals surface area contributed by atoms with Crippen molar-refractivity contribution in [2.24, 2.45) is 11.7 Å². The molecule has 0 spiro atoms. The number of unbranched alkanes of at least 4 members (excludes halogenated alkanes) is 9. The minimum atomic E-state index is -5.37. The molecule has 3 saturated heterocycles. The van der Waals surface area contributed by atoms with E-state index in [1.54, 1.807) is 6.92 Å². The van der Waals surface area contributed by atoms with Crippen molar-refractivity contribution < 1.29 is 90.3 Å². The van der Waals surface area contributed by atoms with E-state index in [4.69, 9.17) is 29.4 Å². The number of ether oxygens (including phenoxy) is 5. The number of aliphatic hydroxyl groups excluding tert-OH is 3. The monoisotopic (exact) mass is 1020 g/mol. The van der Waals surface area contributed by atoms with Crippen molar-refractivity contribution in [3.8, 4) is 0 Å². The quantitative estimate of drug-likeness (QED) is 0.0284. The number of carbonyl (C=O) groups is 5. The summed E-state index contributed by atoms with van der Waals surface area (Å²) < 4.78 is 68.0. The summed E-state index contributed by atoms with van der Waals surface area (Å²) in [5, 5.41) is 53.4. The molecule has 1 amide bonds. The molecule has 9 N–H and O–H groups in total. The van der Waals surface area contributed by atoms with Crippen LogP contribution in [0.2, 0.25) is 0 Å². The molecule has 27 heteroatoms. The van der Waals surface area contributed by atoms with Crippen LogP contribution in [-0.4, -0.2) is 188 Å². The fraction of sp³-hybridized carbons (Fsp3) is 0.791. The molecule has 1 aromatic heterocycles. The van der Waals surface area contributed by atoms with Gasteiger partial charge in [0.25, 0.3) is 5.56 Å². The molecule has 0 aliphatic carbocycles. The highest BCUT2D eigenvalue weighted by Gasteiger charge is 2.58. The minimum absolute atomic E-state index is 0.212. The second kappa shape index (κ2) is 26.9. The number of carboxylic acid groups (broad SMARTS) is 2. The van der Waals surface area contributed by atoms with E-state index in [1.165, 1.54) is 19.9 Å². The molecule has 0 aromatic carbocycles. The summed E-state index contributed by atoms with van der Waals surface area (Å²) in [4.78, 5) is 94.2. The summed E-state index contributed by atoms with van der Waals surface area (Å²) in [6, 6.07) is -2.88. The molecule has 3 aliphatic rings. The number of rotatable bonds is 28. The Morgan fingerprint density at radius 3 is 2.09 bits per heavy atom.